The summed E-state index contributed by atoms with van der Waals surface area (Å²) in [6.45, 7) is 4.70. The highest BCUT2D eigenvalue weighted by atomic mass is 127. The Labute approximate surface area is 147 Å². The number of hydrogen-bond donors (Lipinski definition) is 1. The Morgan fingerprint density at radius 1 is 1.18 bits per heavy atom. The molecule has 2 nitrogen and oxygen atoms in total. The highest BCUT2D eigenvalue weighted by molar-refractivity contribution is 14.1. The molecule has 122 valence electrons. The van der Waals surface area contributed by atoms with Gasteiger partial charge in [0.2, 0.25) is 0 Å². The zero-order chi connectivity index (χ0) is 15.7. The fourth-order valence-electron chi connectivity index (χ4n) is 6.39. The molecule has 3 fully saturated rings. The van der Waals surface area contributed by atoms with Crippen molar-refractivity contribution >= 4 is 28.4 Å². The molecule has 0 aromatic heterocycles. The van der Waals surface area contributed by atoms with Crippen molar-refractivity contribution in [3.8, 4) is 0 Å². The third-order valence-electron chi connectivity index (χ3n) is 7.78. The van der Waals surface area contributed by atoms with E-state index in [0.717, 1.165) is 44.4 Å². The Bertz CT molecular complexity index is 542. The lowest BCUT2D eigenvalue weighted by molar-refractivity contribution is -0.131. The molecule has 4 rings (SSSR count). The standard InChI is InChI=1S/C19H27IO2/c1-18-7-5-12(21)9-11(18)3-4-13-14(18)6-8-19(2)15(13)10-16(20)17(19)22/h3,12-16,21H,4-10H2,1-2H3/t12?,13-,14+,15+,16?,18+,19+/m1/s1. The van der Waals surface area contributed by atoms with Crippen LogP contribution in [0.2, 0.25) is 0 Å². The fraction of sp³-hybridized carbons (Fsp3) is 0.842. The molecule has 0 bridgehead atoms. The summed E-state index contributed by atoms with van der Waals surface area (Å²) in [5.74, 6) is 2.52. The van der Waals surface area contributed by atoms with E-state index in [0.29, 0.717) is 17.6 Å². The Hall–Kier alpha value is 0.1000. The molecule has 2 unspecified atom stereocenters. The third-order valence-corrected chi connectivity index (χ3v) is 8.85. The van der Waals surface area contributed by atoms with Gasteiger partial charge in [0.05, 0.1) is 10.0 Å². The molecular formula is C19H27IO2. The number of ketones is 1. The van der Waals surface area contributed by atoms with Gasteiger partial charge < -0.3 is 5.11 Å². The van der Waals surface area contributed by atoms with Gasteiger partial charge >= 0.3 is 0 Å². The molecule has 0 saturated heterocycles. The Morgan fingerprint density at radius 3 is 2.68 bits per heavy atom. The van der Waals surface area contributed by atoms with Gasteiger partial charge in [-0.1, -0.05) is 48.1 Å². The first-order valence-corrected chi connectivity index (χ1v) is 10.2. The molecule has 0 aliphatic heterocycles. The number of Topliss-reactive ketones (excluding diaryl/α,β-unsaturated/α-hetero) is 1. The van der Waals surface area contributed by atoms with E-state index < -0.39 is 0 Å². The zero-order valence-electron chi connectivity index (χ0n) is 13.6. The topological polar surface area (TPSA) is 37.3 Å². The smallest absolute Gasteiger partial charge is 0.151 e. The number of rotatable bonds is 0. The second kappa shape index (κ2) is 5.05. The van der Waals surface area contributed by atoms with Crippen LogP contribution >= 0.6 is 22.6 Å². The quantitative estimate of drug-likeness (QED) is 0.365. The Morgan fingerprint density at radius 2 is 1.91 bits per heavy atom. The van der Waals surface area contributed by atoms with Gasteiger partial charge in [-0.2, -0.15) is 0 Å². The number of carbonyl (C=O) groups excluding carboxylic acids is 1. The predicted molar refractivity (Wildman–Crippen MR) is 95.9 cm³/mol. The summed E-state index contributed by atoms with van der Waals surface area (Å²) in [7, 11) is 0. The second-order valence-electron chi connectivity index (χ2n) is 8.68. The first kappa shape index (κ1) is 15.6. The van der Waals surface area contributed by atoms with Crippen LogP contribution in [-0.2, 0) is 4.79 Å². The third kappa shape index (κ3) is 1.96. The van der Waals surface area contributed by atoms with Crippen molar-refractivity contribution in [2.45, 2.75) is 68.8 Å². The highest BCUT2D eigenvalue weighted by Crippen LogP contribution is 2.64. The van der Waals surface area contributed by atoms with E-state index in [9.17, 15) is 9.90 Å². The Kier molecular flexibility index (Phi) is 3.58. The molecule has 4 aliphatic rings. The largest absolute Gasteiger partial charge is 0.393 e. The van der Waals surface area contributed by atoms with E-state index >= 15 is 0 Å². The van der Waals surface area contributed by atoms with Crippen molar-refractivity contribution in [2.24, 2.45) is 28.6 Å². The lowest BCUT2D eigenvalue weighted by atomic mass is 9.48. The van der Waals surface area contributed by atoms with Gasteiger partial charge in [-0.15, -0.1) is 0 Å². The van der Waals surface area contributed by atoms with Crippen LogP contribution in [0.4, 0.5) is 0 Å². The molecular weight excluding hydrogens is 387 g/mol. The maximum Gasteiger partial charge on any atom is 0.151 e. The van der Waals surface area contributed by atoms with Crippen LogP contribution in [0.5, 0.6) is 0 Å². The number of carbonyl (C=O) groups is 1. The molecule has 1 N–H and O–H groups in total. The first-order valence-electron chi connectivity index (χ1n) is 8.92. The second-order valence-corrected chi connectivity index (χ2v) is 10.2. The van der Waals surface area contributed by atoms with Crippen molar-refractivity contribution in [3.05, 3.63) is 11.6 Å². The number of alkyl halides is 1. The molecule has 0 heterocycles. The van der Waals surface area contributed by atoms with E-state index in [1.54, 1.807) is 0 Å². The van der Waals surface area contributed by atoms with Gasteiger partial charge in [0.1, 0.15) is 0 Å². The zero-order valence-corrected chi connectivity index (χ0v) is 15.8. The monoisotopic (exact) mass is 414 g/mol. The van der Waals surface area contributed by atoms with Crippen LogP contribution in [0.25, 0.3) is 0 Å². The summed E-state index contributed by atoms with van der Waals surface area (Å²) >= 11 is 2.38. The van der Waals surface area contributed by atoms with Gasteiger partial charge in [-0.05, 0) is 68.1 Å². The van der Waals surface area contributed by atoms with Crippen LogP contribution in [0.1, 0.15) is 58.8 Å². The van der Waals surface area contributed by atoms with E-state index in [1.165, 1.54) is 12.0 Å². The molecule has 0 amide bonds. The van der Waals surface area contributed by atoms with Crippen LogP contribution in [0, 0.1) is 28.6 Å². The summed E-state index contributed by atoms with van der Waals surface area (Å²) in [6, 6.07) is 0. The maximum absolute atomic E-state index is 12.7. The van der Waals surface area contributed by atoms with Gasteiger partial charge in [0, 0.05) is 5.41 Å². The van der Waals surface area contributed by atoms with Crippen LogP contribution in [0.3, 0.4) is 0 Å². The maximum atomic E-state index is 12.7. The van der Waals surface area contributed by atoms with Crippen LogP contribution in [0.15, 0.2) is 11.6 Å². The number of hydrogen-bond acceptors (Lipinski definition) is 2. The number of fused-ring (bicyclic) bond motifs is 5. The lowest BCUT2D eigenvalue weighted by Crippen LogP contribution is -2.50. The molecule has 4 aliphatic carbocycles. The van der Waals surface area contributed by atoms with Gasteiger partial charge in [-0.3, -0.25) is 4.79 Å². The fourth-order valence-corrected chi connectivity index (χ4v) is 7.65. The first-order chi connectivity index (χ1) is 10.4. The summed E-state index contributed by atoms with van der Waals surface area (Å²) in [6.07, 6.45) is 9.81. The van der Waals surface area contributed by atoms with E-state index in [1.807, 2.05) is 0 Å². The minimum atomic E-state index is -0.128. The molecule has 22 heavy (non-hydrogen) atoms. The summed E-state index contributed by atoms with van der Waals surface area (Å²) in [4.78, 5) is 12.7. The van der Waals surface area contributed by atoms with Gasteiger partial charge in [0.25, 0.3) is 0 Å². The predicted octanol–water partition coefficient (Wildman–Crippen LogP) is 4.29. The molecule has 3 saturated carbocycles. The minimum Gasteiger partial charge on any atom is -0.393 e. The molecule has 0 spiro atoms. The molecule has 0 radical (unpaired) electrons. The van der Waals surface area contributed by atoms with Gasteiger partial charge in [0.15, 0.2) is 5.78 Å². The highest BCUT2D eigenvalue weighted by Gasteiger charge is 2.60. The van der Waals surface area contributed by atoms with Gasteiger partial charge in [-0.25, -0.2) is 0 Å². The average Bonchev–Trinajstić information content (AvgIpc) is 2.72. The van der Waals surface area contributed by atoms with Crippen molar-refractivity contribution < 1.29 is 9.90 Å². The summed E-state index contributed by atoms with van der Waals surface area (Å²) < 4.78 is 0.234. The normalized spacial score (nSPS) is 54.3. The number of allylic oxidation sites excluding steroid dienone is 1. The minimum absolute atomic E-state index is 0.0527. The van der Waals surface area contributed by atoms with Crippen LogP contribution in [-0.4, -0.2) is 20.9 Å². The molecule has 3 heteroatoms. The number of aliphatic hydroxyl groups excluding tert-OH is 1. The number of halogens is 1. The van der Waals surface area contributed by atoms with Crippen molar-refractivity contribution in [2.75, 3.05) is 0 Å². The summed E-state index contributed by atoms with van der Waals surface area (Å²) in [5, 5.41) is 10.0. The summed E-state index contributed by atoms with van der Waals surface area (Å²) in [5.41, 5.74) is 1.75. The van der Waals surface area contributed by atoms with Crippen LogP contribution < -0.4 is 0 Å². The average molecular weight is 414 g/mol. The molecule has 7 atom stereocenters. The van der Waals surface area contributed by atoms with Crippen molar-refractivity contribution in [1.82, 2.24) is 0 Å². The molecule has 0 aromatic carbocycles. The molecule has 0 aromatic rings. The number of aliphatic hydroxyl groups is 1. The SMILES string of the molecule is C[C@]12CCC(O)CC1=CC[C@@H]1[C@@H]2CC[C@]2(C)C(=O)C(I)C[C@@H]12. The van der Waals surface area contributed by atoms with E-state index in [-0.39, 0.29) is 20.9 Å². The van der Waals surface area contributed by atoms with E-state index in [2.05, 4.69) is 42.5 Å². The Balaban J connectivity index is 1.70. The van der Waals surface area contributed by atoms with Crippen molar-refractivity contribution in [3.63, 3.8) is 0 Å². The van der Waals surface area contributed by atoms with E-state index in [4.69, 9.17) is 0 Å². The van der Waals surface area contributed by atoms with Crippen molar-refractivity contribution in [1.29, 1.82) is 0 Å². The lowest BCUT2D eigenvalue weighted by Gasteiger charge is -2.56.